The number of rotatable bonds is 12. The van der Waals surface area contributed by atoms with E-state index in [0.717, 1.165) is 82.7 Å². The topological polar surface area (TPSA) is 17.1 Å². The van der Waals surface area contributed by atoms with Gasteiger partial charge in [-0.2, -0.15) is 0 Å². The smallest absolute Gasteiger partial charge is 0.148 e. The lowest BCUT2D eigenvalue weighted by molar-refractivity contribution is -0.122. The van der Waals surface area contributed by atoms with E-state index in [9.17, 15) is 9.18 Å². The number of halogens is 2. The van der Waals surface area contributed by atoms with Crippen LogP contribution in [0, 0.1) is 17.0 Å². The molecular formula is C45H52F2O. The minimum absolute atomic E-state index is 0. The van der Waals surface area contributed by atoms with Gasteiger partial charge in [0, 0.05) is 22.7 Å². The zero-order valence-corrected chi connectivity index (χ0v) is 28.8. The number of allylic oxidation sites excluding steroid dienone is 2. The van der Waals surface area contributed by atoms with Gasteiger partial charge in [-0.25, -0.2) is 8.78 Å². The Bertz CT molecular complexity index is 1990. The molecular weight excluding hydrogens is 594 g/mol. The molecule has 0 bridgehead atoms. The summed E-state index contributed by atoms with van der Waals surface area (Å²) in [5.41, 5.74) is 14.0. The predicted octanol–water partition coefficient (Wildman–Crippen LogP) is 12.9. The van der Waals surface area contributed by atoms with Crippen LogP contribution in [0.3, 0.4) is 0 Å². The Morgan fingerprint density at radius 2 is 1.67 bits per heavy atom. The summed E-state index contributed by atoms with van der Waals surface area (Å²) in [7, 11) is 0. The Labute approximate surface area is 289 Å². The first kappa shape index (κ1) is 34.8. The first-order valence-corrected chi connectivity index (χ1v) is 17.4. The minimum Gasteiger partial charge on any atom is -0.298 e. The summed E-state index contributed by atoms with van der Waals surface area (Å²) >= 11 is 0. The van der Waals surface area contributed by atoms with E-state index in [0.29, 0.717) is 23.5 Å². The Balaban J connectivity index is 0.00000177. The van der Waals surface area contributed by atoms with Crippen LogP contribution in [0.4, 0.5) is 8.78 Å². The highest BCUT2D eigenvalue weighted by Gasteiger charge is 2.52. The quantitative estimate of drug-likeness (QED) is 0.111. The highest BCUT2D eigenvalue weighted by atomic mass is 19.1. The molecule has 0 amide bonds. The molecule has 0 atom stereocenters. The van der Waals surface area contributed by atoms with Crippen LogP contribution >= 0.6 is 0 Å². The first-order chi connectivity index (χ1) is 23.3. The number of carbonyl (C=O) groups is 1. The molecule has 48 heavy (non-hydrogen) atoms. The fourth-order valence-electron chi connectivity index (χ4n) is 6.78. The SMILES string of the molecule is C=C=C(C)c1cc2c(/C=C\c3ccc(CC(=O)C4(C(=C=C)Cc5ccc(F)cc5C5CC5)CC4)cc3F)cccc2cc1CCC.CC.[HH].[HH].[HH]. The fraction of sp³-hybridized carbons (Fsp3) is 0.311. The van der Waals surface area contributed by atoms with Crippen LogP contribution in [0.5, 0.6) is 0 Å². The third kappa shape index (κ3) is 7.44. The molecule has 0 heterocycles. The van der Waals surface area contributed by atoms with Gasteiger partial charge in [0.05, 0.1) is 5.41 Å². The van der Waals surface area contributed by atoms with Crippen LogP contribution in [0.2, 0.25) is 0 Å². The van der Waals surface area contributed by atoms with Crippen LogP contribution in [-0.2, 0) is 24.1 Å². The van der Waals surface area contributed by atoms with E-state index < -0.39 is 5.41 Å². The Morgan fingerprint density at radius 1 is 0.917 bits per heavy atom. The van der Waals surface area contributed by atoms with Crippen molar-refractivity contribution in [2.75, 3.05) is 0 Å². The van der Waals surface area contributed by atoms with Crippen LogP contribution in [0.15, 0.2) is 96.9 Å². The maximum atomic E-state index is 15.4. The molecule has 0 saturated heterocycles. The molecule has 3 heteroatoms. The molecule has 0 N–H and O–H groups in total. The van der Waals surface area contributed by atoms with Crippen molar-refractivity contribution in [3.05, 3.63) is 148 Å². The molecule has 0 aromatic heterocycles. The maximum Gasteiger partial charge on any atom is 0.148 e. The van der Waals surface area contributed by atoms with Gasteiger partial charge in [-0.3, -0.25) is 4.79 Å². The second-order valence-electron chi connectivity index (χ2n) is 13.0. The molecule has 6 rings (SSSR count). The van der Waals surface area contributed by atoms with E-state index in [1.807, 2.05) is 51.1 Å². The van der Waals surface area contributed by atoms with E-state index in [-0.39, 0.29) is 28.1 Å². The number of Topliss-reactive ketones (excluding diaryl/α,β-unsaturated/α-hetero) is 1. The van der Waals surface area contributed by atoms with Gasteiger partial charge in [-0.15, -0.1) is 11.5 Å². The zero-order chi connectivity index (χ0) is 34.4. The Kier molecular flexibility index (Phi) is 11.0. The summed E-state index contributed by atoms with van der Waals surface area (Å²) in [5.74, 6) is -0.124. The molecule has 0 spiro atoms. The van der Waals surface area contributed by atoms with E-state index in [1.54, 1.807) is 18.2 Å². The van der Waals surface area contributed by atoms with Gasteiger partial charge in [-0.1, -0.05) is 95.0 Å². The number of ketones is 1. The largest absolute Gasteiger partial charge is 0.298 e. The summed E-state index contributed by atoms with van der Waals surface area (Å²) in [6.07, 6.45) is 10.1. The van der Waals surface area contributed by atoms with E-state index in [2.05, 4.69) is 49.7 Å². The average Bonchev–Trinajstić information content (AvgIpc) is 4.03. The van der Waals surface area contributed by atoms with Gasteiger partial charge >= 0.3 is 0 Å². The van der Waals surface area contributed by atoms with Gasteiger partial charge in [0.2, 0.25) is 0 Å². The van der Waals surface area contributed by atoms with Gasteiger partial charge in [0.25, 0.3) is 0 Å². The number of aryl methyl sites for hydroxylation is 1. The monoisotopic (exact) mass is 646 g/mol. The van der Waals surface area contributed by atoms with E-state index in [4.69, 9.17) is 0 Å². The fourth-order valence-corrected chi connectivity index (χ4v) is 6.78. The van der Waals surface area contributed by atoms with Crippen molar-refractivity contribution in [3.63, 3.8) is 0 Å². The number of hydrogen-bond donors (Lipinski definition) is 0. The van der Waals surface area contributed by atoms with Crippen molar-refractivity contribution in [3.8, 4) is 0 Å². The highest BCUT2D eigenvalue weighted by Crippen LogP contribution is 2.54. The van der Waals surface area contributed by atoms with E-state index >= 15 is 4.39 Å². The predicted molar refractivity (Wildman–Crippen MR) is 204 cm³/mol. The standard InChI is InChI=1S/C43H40F2O.C2H6.3H2/c1-5-9-33-24-34-11-8-10-30(40(34)27-38(33)28(4)6-2)16-17-32-13-12-29(22-41(32)45)23-42(46)43(20-21-43)36(7-3)25-35-18-19-37(44)26-39(35)31-14-15-31;1-2;;;/h8,10-13,16-19,22,24,26-27,31H,2-3,5,9,14-15,20-21,23,25H2,1,4H3;1-2H3;3*1H/b17-16-;;;;. The Morgan fingerprint density at radius 3 is 2.31 bits per heavy atom. The molecule has 0 unspecified atom stereocenters. The van der Waals surface area contributed by atoms with Crippen molar-refractivity contribution in [1.82, 2.24) is 0 Å². The Hall–Kier alpha value is -4.55. The molecule has 2 fully saturated rings. The third-order valence-corrected chi connectivity index (χ3v) is 9.77. The molecule has 252 valence electrons. The summed E-state index contributed by atoms with van der Waals surface area (Å²) in [5, 5.41) is 2.24. The van der Waals surface area contributed by atoms with Crippen molar-refractivity contribution >= 4 is 34.3 Å². The van der Waals surface area contributed by atoms with Crippen molar-refractivity contribution in [2.45, 2.75) is 85.0 Å². The van der Waals surface area contributed by atoms with Crippen LogP contribution < -0.4 is 0 Å². The second kappa shape index (κ2) is 15.1. The average molecular weight is 647 g/mol. The molecule has 2 aliphatic carbocycles. The molecule has 4 aromatic rings. The maximum absolute atomic E-state index is 15.4. The lowest BCUT2D eigenvalue weighted by atomic mass is 9.83. The zero-order valence-electron chi connectivity index (χ0n) is 28.8. The lowest BCUT2D eigenvalue weighted by Crippen LogP contribution is -2.22. The van der Waals surface area contributed by atoms with Gasteiger partial charge in [-0.05, 0) is 125 Å². The number of benzene rings is 4. The molecule has 4 aromatic carbocycles. The summed E-state index contributed by atoms with van der Waals surface area (Å²) in [4.78, 5) is 13.7. The number of hydrogen-bond acceptors (Lipinski definition) is 1. The molecule has 0 aliphatic heterocycles. The first-order valence-electron chi connectivity index (χ1n) is 17.4. The minimum atomic E-state index is -0.616. The number of carbonyl (C=O) groups excluding carboxylic acids is 1. The van der Waals surface area contributed by atoms with Gasteiger partial charge in [0.1, 0.15) is 17.4 Å². The molecule has 0 radical (unpaired) electrons. The molecule has 1 nitrogen and oxygen atoms in total. The summed E-state index contributed by atoms with van der Waals surface area (Å²) in [6.45, 7) is 16.0. The van der Waals surface area contributed by atoms with Crippen molar-refractivity contribution in [2.24, 2.45) is 5.41 Å². The normalized spacial score (nSPS) is 14.5. The van der Waals surface area contributed by atoms with Gasteiger partial charge < -0.3 is 0 Å². The van der Waals surface area contributed by atoms with Crippen LogP contribution in [0.1, 0.15) is 109 Å². The second-order valence-corrected chi connectivity index (χ2v) is 13.0. The van der Waals surface area contributed by atoms with Crippen LogP contribution in [-0.4, -0.2) is 5.78 Å². The summed E-state index contributed by atoms with van der Waals surface area (Å²) in [6, 6.07) is 20.6. The molecule has 2 aliphatic rings. The molecule has 2 saturated carbocycles. The summed E-state index contributed by atoms with van der Waals surface area (Å²) < 4.78 is 29.4. The van der Waals surface area contributed by atoms with Crippen molar-refractivity contribution in [1.29, 1.82) is 0 Å². The highest BCUT2D eigenvalue weighted by molar-refractivity contribution is 5.96. The van der Waals surface area contributed by atoms with Crippen molar-refractivity contribution < 1.29 is 17.9 Å². The van der Waals surface area contributed by atoms with Gasteiger partial charge in [0.15, 0.2) is 0 Å². The number of fused-ring (bicyclic) bond motifs is 1. The lowest BCUT2D eigenvalue weighted by Gasteiger charge is -2.19. The third-order valence-electron chi connectivity index (χ3n) is 9.77. The van der Waals surface area contributed by atoms with E-state index in [1.165, 1.54) is 17.7 Å². The van der Waals surface area contributed by atoms with Crippen LogP contribution in [0.25, 0.3) is 28.5 Å².